The van der Waals surface area contributed by atoms with Crippen LogP contribution in [0.3, 0.4) is 0 Å². The molecule has 0 saturated heterocycles. The molecular weight excluding hydrogens is 380 g/mol. The number of aromatic amines is 1. The third kappa shape index (κ3) is 4.03. The second kappa shape index (κ2) is 8.36. The van der Waals surface area contributed by atoms with E-state index in [1.807, 2.05) is 57.7 Å². The molecule has 2 aromatic carbocycles. The predicted molar refractivity (Wildman–Crippen MR) is 113 cm³/mol. The Balaban J connectivity index is 1.48. The van der Waals surface area contributed by atoms with Crippen molar-refractivity contribution in [3.8, 4) is 0 Å². The van der Waals surface area contributed by atoms with Crippen molar-refractivity contribution in [1.29, 1.82) is 0 Å². The lowest BCUT2D eigenvalue weighted by Crippen LogP contribution is -2.43. The fourth-order valence-corrected chi connectivity index (χ4v) is 3.94. The number of carbonyl (C=O) groups excluding carboxylic acids is 2. The van der Waals surface area contributed by atoms with Crippen LogP contribution in [0, 0.1) is 0 Å². The summed E-state index contributed by atoms with van der Waals surface area (Å²) in [5.74, 6) is 1.08. The van der Waals surface area contributed by atoms with Gasteiger partial charge in [-0.3, -0.25) is 9.59 Å². The van der Waals surface area contributed by atoms with Crippen molar-refractivity contribution in [2.75, 3.05) is 0 Å². The number of unbranched alkanes of at least 4 members (excludes halogenated alkanes) is 1. The molecule has 5 N–H and O–H groups in total. The minimum Gasteiger partial charge on any atom is -0.368 e. The molecule has 4 rings (SSSR count). The van der Waals surface area contributed by atoms with Crippen LogP contribution in [0.25, 0.3) is 22.1 Å². The number of imidazole rings is 2. The van der Waals surface area contributed by atoms with Crippen LogP contribution >= 0.6 is 0 Å². The smallest absolute Gasteiger partial charge is 0.259 e. The Morgan fingerprint density at radius 3 is 2.50 bits per heavy atom. The van der Waals surface area contributed by atoms with E-state index in [-0.39, 0.29) is 24.9 Å². The van der Waals surface area contributed by atoms with Gasteiger partial charge in [-0.15, -0.1) is 0 Å². The average molecular weight is 405 g/mol. The molecule has 0 aliphatic heterocycles. The number of carbonyl (C=O) groups is 2. The summed E-state index contributed by atoms with van der Waals surface area (Å²) in [7, 11) is 0. The molecule has 4 aromatic rings. The normalized spacial score (nSPS) is 11.3. The van der Waals surface area contributed by atoms with E-state index in [9.17, 15) is 9.59 Å². The van der Waals surface area contributed by atoms with Gasteiger partial charge >= 0.3 is 0 Å². The van der Waals surface area contributed by atoms with Crippen LogP contribution in [0.5, 0.6) is 0 Å². The highest BCUT2D eigenvalue weighted by Crippen LogP contribution is 2.18. The van der Waals surface area contributed by atoms with E-state index in [0.29, 0.717) is 0 Å². The minimum atomic E-state index is -0.384. The highest BCUT2D eigenvalue weighted by molar-refractivity contribution is 5.80. The highest BCUT2D eigenvalue weighted by atomic mass is 16.1. The van der Waals surface area contributed by atoms with Crippen LogP contribution in [-0.2, 0) is 35.5 Å². The Bertz CT molecular complexity index is 1130. The molecule has 0 bridgehead atoms. The van der Waals surface area contributed by atoms with Crippen molar-refractivity contribution in [2.24, 2.45) is 11.5 Å². The maximum absolute atomic E-state index is 11.5. The quantitative estimate of drug-likeness (QED) is 0.287. The lowest BCUT2D eigenvalue weighted by molar-refractivity contribution is -0.666. The molecule has 0 unspecified atom stereocenters. The molecule has 0 aliphatic carbocycles. The van der Waals surface area contributed by atoms with E-state index in [1.165, 1.54) is 0 Å². The first kappa shape index (κ1) is 19.6. The number of hydrogen-bond donors (Lipinski definition) is 3. The fraction of sp³-hybridized carbons (Fsp3) is 0.273. The van der Waals surface area contributed by atoms with Crippen molar-refractivity contribution in [3.05, 3.63) is 60.2 Å². The van der Waals surface area contributed by atoms with Crippen molar-refractivity contribution >= 4 is 33.9 Å². The second-order valence-corrected chi connectivity index (χ2v) is 7.42. The zero-order chi connectivity index (χ0) is 21.1. The lowest BCUT2D eigenvalue weighted by atomic mass is 10.2. The largest absolute Gasteiger partial charge is 0.368 e. The lowest BCUT2D eigenvalue weighted by Gasteiger charge is -2.06. The van der Waals surface area contributed by atoms with Crippen molar-refractivity contribution < 1.29 is 14.2 Å². The van der Waals surface area contributed by atoms with Gasteiger partial charge in [0.15, 0.2) is 17.6 Å². The number of hydrogen-bond acceptors (Lipinski definition) is 3. The number of benzene rings is 2. The highest BCUT2D eigenvalue weighted by Gasteiger charge is 2.19. The summed E-state index contributed by atoms with van der Waals surface area (Å²) in [6.07, 6.45) is 3.29. The van der Waals surface area contributed by atoms with E-state index in [1.54, 1.807) is 0 Å². The van der Waals surface area contributed by atoms with E-state index in [4.69, 9.17) is 11.5 Å². The van der Waals surface area contributed by atoms with Crippen LogP contribution in [0.2, 0.25) is 0 Å². The van der Waals surface area contributed by atoms with E-state index < -0.39 is 0 Å². The number of para-hydroxylation sites is 4. The number of fused-ring (bicyclic) bond motifs is 2. The molecule has 0 fully saturated rings. The fourth-order valence-electron chi connectivity index (χ4n) is 3.94. The van der Waals surface area contributed by atoms with Crippen LogP contribution < -0.4 is 16.0 Å². The summed E-state index contributed by atoms with van der Waals surface area (Å²) < 4.78 is 3.84. The molecule has 0 spiro atoms. The van der Waals surface area contributed by atoms with Gasteiger partial charge in [-0.25, -0.2) is 14.5 Å². The zero-order valence-corrected chi connectivity index (χ0v) is 16.7. The molecule has 154 valence electrons. The summed E-state index contributed by atoms with van der Waals surface area (Å²) in [6, 6.07) is 15.6. The number of aromatic nitrogens is 4. The summed E-state index contributed by atoms with van der Waals surface area (Å²) in [4.78, 5) is 31.1. The topological polar surface area (TPSA) is 124 Å². The molecule has 0 saturated carbocycles. The van der Waals surface area contributed by atoms with Gasteiger partial charge in [0, 0.05) is 12.8 Å². The Morgan fingerprint density at radius 1 is 0.967 bits per heavy atom. The standard InChI is InChI=1S/C22H24N6O2/c23-19(29)13-27-17-9-3-1-7-15(17)25-21(27)11-5-6-12-22-26-16-8-2-4-10-18(16)28(22)14-20(24)30/h1-4,7-10H,5-6,11-14H2,(H4,23,24,29,30)/p+1. The molecule has 30 heavy (non-hydrogen) atoms. The van der Waals surface area contributed by atoms with E-state index in [2.05, 4.69) is 9.97 Å². The Hall–Kier alpha value is -3.68. The average Bonchev–Trinajstić information content (AvgIpc) is 3.23. The van der Waals surface area contributed by atoms with Crippen LogP contribution in [-0.4, -0.2) is 26.3 Å². The van der Waals surface area contributed by atoms with Crippen molar-refractivity contribution in [1.82, 2.24) is 14.5 Å². The van der Waals surface area contributed by atoms with Gasteiger partial charge in [0.05, 0.1) is 11.0 Å². The van der Waals surface area contributed by atoms with E-state index >= 15 is 0 Å². The SMILES string of the molecule is NC(=O)Cn1c(CCCCc2[nH]c3ccccc3[n+]2CC(N)=O)nc2ccccc21. The molecule has 2 aromatic heterocycles. The van der Waals surface area contributed by atoms with Gasteiger partial charge in [-0.1, -0.05) is 24.3 Å². The zero-order valence-electron chi connectivity index (χ0n) is 16.7. The summed E-state index contributed by atoms with van der Waals surface area (Å²) in [5.41, 5.74) is 14.6. The molecule has 0 radical (unpaired) electrons. The summed E-state index contributed by atoms with van der Waals surface area (Å²) >= 11 is 0. The first-order valence-electron chi connectivity index (χ1n) is 10.0. The van der Waals surface area contributed by atoms with Gasteiger partial charge < -0.3 is 16.0 Å². The number of nitrogens with one attached hydrogen (secondary N) is 1. The van der Waals surface area contributed by atoms with Crippen molar-refractivity contribution in [3.63, 3.8) is 0 Å². The minimum absolute atomic E-state index is 0.122. The van der Waals surface area contributed by atoms with Gasteiger partial charge in [-0.05, 0) is 37.1 Å². The Labute approximate surface area is 173 Å². The number of aryl methyl sites for hydroxylation is 2. The van der Waals surface area contributed by atoms with Crippen molar-refractivity contribution in [2.45, 2.75) is 38.8 Å². The second-order valence-electron chi connectivity index (χ2n) is 7.42. The summed E-state index contributed by atoms with van der Waals surface area (Å²) in [6.45, 7) is 0.268. The number of nitrogens with zero attached hydrogens (tertiary/aromatic N) is 3. The molecule has 2 heterocycles. The Morgan fingerprint density at radius 2 is 1.70 bits per heavy atom. The molecule has 0 aliphatic rings. The molecule has 2 amide bonds. The number of H-pyrrole nitrogens is 1. The number of nitrogens with two attached hydrogens (primary N) is 2. The van der Waals surface area contributed by atoms with Gasteiger partial charge in [0.25, 0.3) is 11.7 Å². The predicted octanol–water partition coefficient (Wildman–Crippen LogP) is 1.34. The molecular formula is C22H25N6O2+. The first-order chi connectivity index (χ1) is 14.5. The molecule has 8 heteroatoms. The number of rotatable bonds is 9. The van der Waals surface area contributed by atoms with Gasteiger partial charge in [-0.2, -0.15) is 0 Å². The summed E-state index contributed by atoms with van der Waals surface area (Å²) in [5, 5.41) is 0. The van der Waals surface area contributed by atoms with Crippen LogP contribution in [0.15, 0.2) is 48.5 Å². The number of primary amides is 2. The maximum atomic E-state index is 11.5. The van der Waals surface area contributed by atoms with Crippen LogP contribution in [0.4, 0.5) is 0 Å². The van der Waals surface area contributed by atoms with E-state index in [0.717, 1.165) is 59.4 Å². The maximum Gasteiger partial charge on any atom is 0.259 e. The van der Waals surface area contributed by atoms with Gasteiger partial charge in [0.1, 0.15) is 12.4 Å². The monoisotopic (exact) mass is 405 g/mol. The number of amides is 2. The third-order valence-electron chi connectivity index (χ3n) is 5.23. The molecule has 8 nitrogen and oxygen atoms in total. The van der Waals surface area contributed by atoms with Crippen LogP contribution in [0.1, 0.15) is 24.5 Å². The van der Waals surface area contributed by atoms with Gasteiger partial charge in [0.2, 0.25) is 5.91 Å². The third-order valence-corrected chi connectivity index (χ3v) is 5.23. The Kier molecular flexibility index (Phi) is 5.47. The molecule has 0 atom stereocenters. The first-order valence-corrected chi connectivity index (χ1v) is 10.0.